The SMILES string of the molecule is Cc1cc(N(C)C)ccc1NC(C)CN. The minimum atomic E-state index is 0.314. The van der Waals surface area contributed by atoms with Crippen LogP contribution in [0, 0.1) is 6.92 Å². The van der Waals surface area contributed by atoms with Crippen LogP contribution in [0.3, 0.4) is 0 Å². The Balaban J connectivity index is 2.83. The average Bonchev–Trinajstić information content (AvgIpc) is 2.20. The molecule has 1 rings (SSSR count). The summed E-state index contributed by atoms with van der Waals surface area (Å²) < 4.78 is 0. The summed E-state index contributed by atoms with van der Waals surface area (Å²) >= 11 is 0. The Morgan fingerprint density at radius 2 is 2.07 bits per heavy atom. The molecule has 0 saturated carbocycles. The second kappa shape index (κ2) is 5.03. The van der Waals surface area contributed by atoms with E-state index in [0.717, 1.165) is 0 Å². The number of aryl methyl sites for hydroxylation is 1. The molecule has 0 aliphatic carbocycles. The van der Waals surface area contributed by atoms with E-state index in [2.05, 4.69) is 42.3 Å². The first kappa shape index (κ1) is 11.9. The number of rotatable bonds is 4. The highest BCUT2D eigenvalue weighted by Crippen LogP contribution is 2.21. The Morgan fingerprint density at radius 3 is 2.53 bits per heavy atom. The number of hydrogen-bond donors (Lipinski definition) is 2. The van der Waals surface area contributed by atoms with E-state index in [-0.39, 0.29) is 0 Å². The van der Waals surface area contributed by atoms with E-state index in [1.54, 1.807) is 0 Å². The quantitative estimate of drug-likeness (QED) is 0.791. The molecule has 0 radical (unpaired) electrons. The number of anilines is 2. The topological polar surface area (TPSA) is 41.3 Å². The van der Waals surface area contributed by atoms with Crippen LogP contribution in [0.15, 0.2) is 18.2 Å². The summed E-state index contributed by atoms with van der Waals surface area (Å²) in [6, 6.07) is 6.70. The van der Waals surface area contributed by atoms with Crippen molar-refractivity contribution in [2.24, 2.45) is 5.73 Å². The van der Waals surface area contributed by atoms with Gasteiger partial charge in [-0.2, -0.15) is 0 Å². The molecule has 1 aromatic rings. The van der Waals surface area contributed by atoms with Crippen molar-refractivity contribution in [1.82, 2.24) is 0 Å². The van der Waals surface area contributed by atoms with E-state index in [1.807, 2.05) is 14.1 Å². The van der Waals surface area contributed by atoms with Crippen LogP contribution < -0.4 is 16.0 Å². The van der Waals surface area contributed by atoms with Gasteiger partial charge in [0.05, 0.1) is 0 Å². The van der Waals surface area contributed by atoms with Crippen molar-refractivity contribution in [1.29, 1.82) is 0 Å². The average molecular weight is 207 g/mol. The predicted octanol–water partition coefficient (Wildman–Crippen LogP) is 1.82. The van der Waals surface area contributed by atoms with Gasteiger partial charge in [0.15, 0.2) is 0 Å². The molecule has 15 heavy (non-hydrogen) atoms. The molecule has 0 fully saturated rings. The summed E-state index contributed by atoms with van der Waals surface area (Å²) in [6.07, 6.45) is 0. The van der Waals surface area contributed by atoms with Gasteiger partial charge in [0.1, 0.15) is 0 Å². The first-order valence-corrected chi connectivity index (χ1v) is 5.29. The van der Waals surface area contributed by atoms with Crippen LogP contribution >= 0.6 is 0 Å². The highest BCUT2D eigenvalue weighted by molar-refractivity contribution is 5.60. The molecule has 0 aromatic heterocycles. The molecular formula is C12H21N3. The van der Waals surface area contributed by atoms with Crippen molar-refractivity contribution in [2.45, 2.75) is 19.9 Å². The van der Waals surface area contributed by atoms with Gasteiger partial charge in [-0.3, -0.25) is 0 Å². The molecule has 3 N–H and O–H groups in total. The minimum Gasteiger partial charge on any atom is -0.381 e. The molecule has 0 aliphatic rings. The molecule has 3 nitrogen and oxygen atoms in total. The van der Waals surface area contributed by atoms with Gasteiger partial charge in [0.25, 0.3) is 0 Å². The fourth-order valence-electron chi connectivity index (χ4n) is 1.41. The maximum atomic E-state index is 5.58. The summed E-state index contributed by atoms with van der Waals surface area (Å²) in [5.74, 6) is 0. The van der Waals surface area contributed by atoms with Gasteiger partial charge < -0.3 is 16.0 Å². The van der Waals surface area contributed by atoms with E-state index in [1.165, 1.54) is 16.9 Å². The van der Waals surface area contributed by atoms with Crippen molar-refractivity contribution in [3.05, 3.63) is 23.8 Å². The Hall–Kier alpha value is -1.22. The summed E-state index contributed by atoms with van der Waals surface area (Å²) in [7, 11) is 4.09. The molecule has 0 aliphatic heterocycles. The van der Waals surface area contributed by atoms with Crippen LogP contribution in [-0.2, 0) is 0 Å². The highest BCUT2D eigenvalue weighted by Gasteiger charge is 2.03. The van der Waals surface area contributed by atoms with Crippen LogP contribution in [-0.4, -0.2) is 26.7 Å². The fourth-order valence-corrected chi connectivity index (χ4v) is 1.41. The fraction of sp³-hybridized carbons (Fsp3) is 0.500. The van der Waals surface area contributed by atoms with E-state index in [0.29, 0.717) is 12.6 Å². The first-order valence-electron chi connectivity index (χ1n) is 5.29. The smallest absolute Gasteiger partial charge is 0.0373 e. The van der Waals surface area contributed by atoms with Crippen molar-refractivity contribution in [2.75, 3.05) is 30.9 Å². The van der Waals surface area contributed by atoms with Crippen molar-refractivity contribution in [3.63, 3.8) is 0 Å². The summed E-state index contributed by atoms with van der Waals surface area (Å²) in [4.78, 5) is 2.10. The molecule has 1 unspecified atom stereocenters. The first-order chi connectivity index (χ1) is 7.04. The monoisotopic (exact) mass is 207 g/mol. The van der Waals surface area contributed by atoms with Gasteiger partial charge >= 0.3 is 0 Å². The van der Waals surface area contributed by atoms with Crippen LogP contribution in [0.25, 0.3) is 0 Å². The summed E-state index contributed by atoms with van der Waals surface area (Å²) in [6.45, 7) is 4.84. The Labute approximate surface area is 92.3 Å². The summed E-state index contributed by atoms with van der Waals surface area (Å²) in [5.41, 5.74) is 9.21. The standard InChI is InChI=1S/C12H21N3/c1-9-7-11(15(3)4)5-6-12(9)14-10(2)8-13/h5-7,10,14H,8,13H2,1-4H3. The lowest BCUT2D eigenvalue weighted by molar-refractivity contribution is 0.803. The van der Waals surface area contributed by atoms with Crippen molar-refractivity contribution >= 4 is 11.4 Å². The maximum absolute atomic E-state index is 5.58. The number of nitrogens with one attached hydrogen (secondary N) is 1. The van der Waals surface area contributed by atoms with Gasteiger partial charge in [-0.15, -0.1) is 0 Å². The Kier molecular flexibility index (Phi) is 3.97. The van der Waals surface area contributed by atoms with Gasteiger partial charge in [-0.05, 0) is 37.6 Å². The predicted molar refractivity (Wildman–Crippen MR) is 67.6 cm³/mol. The zero-order valence-corrected chi connectivity index (χ0v) is 10.0. The number of hydrogen-bond acceptors (Lipinski definition) is 3. The third-order valence-corrected chi connectivity index (χ3v) is 2.48. The molecule has 0 spiro atoms. The summed E-state index contributed by atoms with van der Waals surface area (Å²) in [5, 5.41) is 3.38. The third-order valence-electron chi connectivity index (χ3n) is 2.48. The van der Waals surface area contributed by atoms with Crippen LogP contribution in [0.1, 0.15) is 12.5 Å². The molecule has 0 bridgehead atoms. The van der Waals surface area contributed by atoms with Crippen molar-refractivity contribution in [3.8, 4) is 0 Å². The van der Waals surface area contributed by atoms with Gasteiger partial charge in [0, 0.05) is 38.1 Å². The van der Waals surface area contributed by atoms with Gasteiger partial charge in [-0.1, -0.05) is 0 Å². The van der Waals surface area contributed by atoms with E-state index < -0.39 is 0 Å². The molecular weight excluding hydrogens is 186 g/mol. The lowest BCUT2D eigenvalue weighted by Gasteiger charge is -2.18. The molecule has 84 valence electrons. The molecule has 1 atom stereocenters. The maximum Gasteiger partial charge on any atom is 0.0373 e. The van der Waals surface area contributed by atoms with E-state index >= 15 is 0 Å². The molecule has 0 heterocycles. The van der Waals surface area contributed by atoms with Gasteiger partial charge in [-0.25, -0.2) is 0 Å². The number of nitrogens with two attached hydrogens (primary N) is 1. The van der Waals surface area contributed by atoms with Crippen LogP contribution in [0.2, 0.25) is 0 Å². The van der Waals surface area contributed by atoms with Crippen LogP contribution in [0.5, 0.6) is 0 Å². The number of nitrogens with zero attached hydrogens (tertiary/aromatic N) is 1. The van der Waals surface area contributed by atoms with Crippen LogP contribution in [0.4, 0.5) is 11.4 Å². The molecule has 0 amide bonds. The Morgan fingerprint density at radius 1 is 1.40 bits per heavy atom. The largest absolute Gasteiger partial charge is 0.381 e. The third kappa shape index (κ3) is 3.13. The highest BCUT2D eigenvalue weighted by atomic mass is 15.1. The van der Waals surface area contributed by atoms with E-state index in [4.69, 9.17) is 5.73 Å². The number of benzene rings is 1. The molecule has 1 aromatic carbocycles. The van der Waals surface area contributed by atoms with Crippen molar-refractivity contribution < 1.29 is 0 Å². The minimum absolute atomic E-state index is 0.314. The lowest BCUT2D eigenvalue weighted by atomic mass is 10.1. The zero-order valence-electron chi connectivity index (χ0n) is 10.0. The second-order valence-corrected chi connectivity index (χ2v) is 4.17. The van der Waals surface area contributed by atoms with E-state index in [9.17, 15) is 0 Å². The molecule has 0 saturated heterocycles. The second-order valence-electron chi connectivity index (χ2n) is 4.17. The Bertz CT molecular complexity index is 321. The lowest BCUT2D eigenvalue weighted by Crippen LogP contribution is -2.25. The van der Waals surface area contributed by atoms with Gasteiger partial charge in [0.2, 0.25) is 0 Å². The normalized spacial score (nSPS) is 12.3. The zero-order chi connectivity index (χ0) is 11.4. The molecule has 3 heteroatoms.